The molecule has 2 rings (SSSR count). The Kier molecular flexibility index (Phi) is 4.82. The van der Waals surface area contributed by atoms with Gasteiger partial charge in [0.25, 0.3) is 5.91 Å². The Labute approximate surface area is 130 Å². The molecule has 0 saturated carbocycles. The number of hydrogen-bond acceptors (Lipinski definition) is 3. The molecule has 1 aliphatic heterocycles. The highest BCUT2D eigenvalue weighted by molar-refractivity contribution is 5.82. The number of alkyl halides is 3. The Hall–Kier alpha value is -2.25. The quantitative estimate of drug-likeness (QED) is 0.920. The molecule has 0 aliphatic carbocycles. The molecular weight excluding hydrogens is 315 g/mol. The van der Waals surface area contributed by atoms with Gasteiger partial charge < -0.3 is 14.7 Å². The predicted octanol–water partition coefficient (Wildman–Crippen LogP) is 2.41. The van der Waals surface area contributed by atoms with E-state index < -0.39 is 41.4 Å². The van der Waals surface area contributed by atoms with Crippen LogP contribution >= 0.6 is 0 Å². The summed E-state index contributed by atoms with van der Waals surface area (Å²) >= 11 is 0. The van der Waals surface area contributed by atoms with Crippen LogP contribution in [0.15, 0.2) is 24.3 Å². The number of para-hydroxylation sites is 1. The van der Waals surface area contributed by atoms with Crippen molar-refractivity contribution < 1.29 is 32.6 Å². The summed E-state index contributed by atoms with van der Waals surface area (Å²) in [4.78, 5) is 24.4. The van der Waals surface area contributed by atoms with Crippen LogP contribution in [0.2, 0.25) is 0 Å². The molecule has 1 N–H and O–H groups in total. The number of hydrogen-bond donors (Lipinski definition) is 1. The fourth-order valence-electron chi connectivity index (χ4n) is 2.46. The lowest BCUT2D eigenvalue weighted by Crippen LogP contribution is -2.39. The van der Waals surface area contributed by atoms with Gasteiger partial charge in [-0.15, -0.1) is 0 Å². The van der Waals surface area contributed by atoms with Gasteiger partial charge in [-0.3, -0.25) is 9.59 Å². The van der Waals surface area contributed by atoms with E-state index in [2.05, 4.69) is 0 Å². The van der Waals surface area contributed by atoms with E-state index >= 15 is 0 Å². The Bertz CT molecular complexity index is 603. The zero-order chi connectivity index (χ0) is 17.2. The first-order chi connectivity index (χ1) is 10.7. The summed E-state index contributed by atoms with van der Waals surface area (Å²) in [5.41, 5.74) is -0.954. The van der Waals surface area contributed by atoms with E-state index in [1.807, 2.05) is 0 Å². The zero-order valence-electron chi connectivity index (χ0n) is 12.3. The molecule has 1 aromatic carbocycles. The van der Waals surface area contributed by atoms with Crippen molar-refractivity contribution in [2.45, 2.75) is 25.6 Å². The van der Waals surface area contributed by atoms with Crippen molar-refractivity contribution in [2.24, 2.45) is 5.92 Å². The molecule has 1 aromatic rings. The second-order valence-electron chi connectivity index (χ2n) is 5.36. The molecule has 8 heteroatoms. The summed E-state index contributed by atoms with van der Waals surface area (Å²) in [5, 5.41) is 8.92. The number of nitrogens with zero attached hydrogens (tertiary/aromatic N) is 1. The summed E-state index contributed by atoms with van der Waals surface area (Å²) in [6.45, 7) is 1.65. The van der Waals surface area contributed by atoms with E-state index in [0.717, 1.165) is 12.1 Å². The van der Waals surface area contributed by atoms with Crippen LogP contribution < -0.4 is 4.74 Å². The minimum Gasteiger partial charge on any atom is -0.481 e. The lowest BCUT2D eigenvalue weighted by Gasteiger charge is -2.23. The van der Waals surface area contributed by atoms with Gasteiger partial charge in [0, 0.05) is 13.1 Å². The number of carbonyl (C=O) groups excluding carboxylic acids is 1. The number of benzene rings is 1. The van der Waals surface area contributed by atoms with Crippen molar-refractivity contribution in [1.29, 1.82) is 0 Å². The number of amides is 1. The molecule has 1 heterocycles. The van der Waals surface area contributed by atoms with Crippen molar-refractivity contribution in [2.75, 3.05) is 13.1 Å². The van der Waals surface area contributed by atoms with E-state index in [-0.39, 0.29) is 13.1 Å². The minimum absolute atomic E-state index is 0.0444. The summed E-state index contributed by atoms with van der Waals surface area (Å²) in [6.07, 6.45) is -5.39. The first-order valence-corrected chi connectivity index (χ1v) is 7.04. The number of carboxylic acid groups (broad SMARTS) is 1. The number of carbonyl (C=O) groups is 2. The summed E-state index contributed by atoms with van der Waals surface area (Å²) in [5.74, 6) is -2.58. The Morgan fingerprint density at radius 3 is 2.57 bits per heavy atom. The van der Waals surface area contributed by atoms with Crippen molar-refractivity contribution in [3.05, 3.63) is 29.8 Å². The van der Waals surface area contributed by atoms with Gasteiger partial charge in [-0.05, 0) is 25.5 Å². The lowest BCUT2D eigenvalue weighted by atomic mass is 10.1. The first-order valence-electron chi connectivity index (χ1n) is 7.04. The standard InChI is InChI=1S/C15H16F3NO4/c1-9(13(20)19-7-6-10(8-19)14(21)22)23-12-5-3-2-4-11(12)15(16,17)18/h2-5,9-10H,6-8H2,1H3,(H,21,22). The van der Waals surface area contributed by atoms with Crippen molar-refractivity contribution in [3.8, 4) is 5.75 Å². The third kappa shape index (κ3) is 3.94. The maximum absolute atomic E-state index is 12.9. The number of rotatable bonds is 4. The second-order valence-corrected chi connectivity index (χ2v) is 5.36. The van der Waals surface area contributed by atoms with Crippen LogP contribution in [0.3, 0.4) is 0 Å². The number of halogens is 3. The van der Waals surface area contributed by atoms with E-state index in [9.17, 15) is 22.8 Å². The van der Waals surface area contributed by atoms with Crippen molar-refractivity contribution in [1.82, 2.24) is 4.90 Å². The number of ether oxygens (including phenoxy) is 1. The number of carboxylic acids is 1. The Morgan fingerprint density at radius 2 is 2.00 bits per heavy atom. The molecule has 0 radical (unpaired) electrons. The van der Waals surface area contributed by atoms with E-state index in [0.29, 0.717) is 6.42 Å². The van der Waals surface area contributed by atoms with Crippen LogP contribution in [0.5, 0.6) is 5.75 Å². The predicted molar refractivity (Wildman–Crippen MR) is 73.9 cm³/mol. The van der Waals surface area contributed by atoms with Gasteiger partial charge in [0.2, 0.25) is 0 Å². The van der Waals surface area contributed by atoms with Gasteiger partial charge in [0.15, 0.2) is 6.10 Å². The van der Waals surface area contributed by atoms with Crippen molar-refractivity contribution in [3.63, 3.8) is 0 Å². The highest BCUT2D eigenvalue weighted by atomic mass is 19.4. The second kappa shape index (κ2) is 6.47. The molecule has 23 heavy (non-hydrogen) atoms. The molecule has 2 unspecified atom stereocenters. The van der Waals surface area contributed by atoms with Gasteiger partial charge in [-0.25, -0.2) is 0 Å². The average Bonchev–Trinajstić information content (AvgIpc) is 2.95. The average molecular weight is 331 g/mol. The van der Waals surface area contributed by atoms with Crippen LogP contribution in [-0.4, -0.2) is 41.1 Å². The van der Waals surface area contributed by atoms with Crippen LogP contribution in [0.25, 0.3) is 0 Å². The van der Waals surface area contributed by atoms with E-state index in [1.54, 1.807) is 0 Å². The Balaban J connectivity index is 2.07. The van der Waals surface area contributed by atoms with Gasteiger partial charge in [0.1, 0.15) is 5.75 Å². The molecule has 0 spiro atoms. The highest BCUT2D eigenvalue weighted by Crippen LogP contribution is 2.36. The van der Waals surface area contributed by atoms with Crippen LogP contribution in [0.4, 0.5) is 13.2 Å². The number of aliphatic carboxylic acids is 1. The molecule has 5 nitrogen and oxygen atoms in total. The van der Waals surface area contributed by atoms with Gasteiger partial charge in [0.05, 0.1) is 11.5 Å². The molecule has 2 atom stereocenters. The normalized spacial score (nSPS) is 19.5. The molecule has 1 fully saturated rings. The topological polar surface area (TPSA) is 66.8 Å². The van der Waals surface area contributed by atoms with Gasteiger partial charge in [-0.1, -0.05) is 12.1 Å². The smallest absolute Gasteiger partial charge is 0.419 e. The fourth-order valence-corrected chi connectivity index (χ4v) is 2.46. The highest BCUT2D eigenvalue weighted by Gasteiger charge is 2.36. The van der Waals surface area contributed by atoms with Gasteiger partial charge in [-0.2, -0.15) is 13.2 Å². The maximum atomic E-state index is 12.9. The van der Waals surface area contributed by atoms with E-state index in [4.69, 9.17) is 9.84 Å². The molecule has 1 amide bonds. The molecule has 0 aromatic heterocycles. The molecular formula is C15H16F3NO4. The monoisotopic (exact) mass is 331 g/mol. The van der Waals surface area contributed by atoms with Crippen LogP contribution in [-0.2, 0) is 15.8 Å². The van der Waals surface area contributed by atoms with E-state index in [1.165, 1.54) is 24.0 Å². The largest absolute Gasteiger partial charge is 0.481 e. The third-order valence-electron chi connectivity index (χ3n) is 3.69. The SMILES string of the molecule is CC(Oc1ccccc1C(F)(F)F)C(=O)N1CCC(C(=O)O)C1. The van der Waals surface area contributed by atoms with Gasteiger partial charge >= 0.3 is 12.1 Å². The third-order valence-corrected chi connectivity index (χ3v) is 3.69. The van der Waals surface area contributed by atoms with Crippen molar-refractivity contribution >= 4 is 11.9 Å². The number of likely N-dealkylation sites (tertiary alicyclic amines) is 1. The van der Waals surface area contributed by atoms with Crippen LogP contribution in [0, 0.1) is 5.92 Å². The fraction of sp³-hybridized carbons (Fsp3) is 0.467. The summed E-state index contributed by atoms with van der Waals surface area (Å²) in [6, 6.07) is 4.65. The molecule has 126 valence electrons. The molecule has 1 aliphatic rings. The first kappa shape index (κ1) is 17.1. The lowest BCUT2D eigenvalue weighted by molar-refractivity contribution is -0.144. The summed E-state index contributed by atoms with van der Waals surface area (Å²) in [7, 11) is 0. The summed E-state index contributed by atoms with van der Waals surface area (Å²) < 4.78 is 43.9. The van der Waals surface area contributed by atoms with Crippen LogP contribution in [0.1, 0.15) is 18.9 Å². The zero-order valence-corrected chi connectivity index (χ0v) is 12.3. The maximum Gasteiger partial charge on any atom is 0.419 e. The minimum atomic E-state index is -4.58. The Morgan fingerprint density at radius 1 is 1.35 bits per heavy atom. The molecule has 0 bridgehead atoms. The molecule has 1 saturated heterocycles.